The first-order valence-electron chi connectivity index (χ1n) is 7.27. The monoisotopic (exact) mass is 282 g/mol. The van der Waals surface area contributed by atoms with Crippen molar-refractivity contribution in [1.29, 1.82) is 0 Å². The van der Waals surface area contributed by atoms with E-state index in [1.54, 1.807) is 0 Å². The molecule has 1 aromatic rings. The first-order valence-corrected chi connectivity index (χ1v) is 7.65. The van der Waals surface area contributed by atoms with E-state index in [4.69, 9.17) is 16.3 Å². The van der Waals surface area contributed by atoms with Crippen molar-refractivity contribution in [3.8, 4) is 5.88 Å². The molecule has 4 heteroatoms. The summed E-state index contributed by atoms with van der Waals surface area (Å²) in [4.78, 5) is 8.33. The molecule has 3 atom stereocenters. The summed E-state index contributed by atoms with van der Waals surface area (Å²) in [7, 11) is 0. The van der Waals surface area contributed by atoms with E-state index in [9.17, 15) is 0 Å². The molecule has 0 aromatic carbocycles. The maximum atomic E-state index is 6.15. The summed E-state index contributed by atoms with van der Waals surface area (Å²) in [5.74, 6) is 2.20. The molecule has 0 spiro atoms. The minimum atomic E-state index is 0.271. The number of hydrogen-bond donors (Lipinski definition) is 0. The van der Waals surface area contributed by atoms with Gasteiger partial charge in [-0.2, -0.15) is 0 Å². The minimum absolute atomic E-state index is 0.271. The molecule has 1 aliphatic rings. The molecule has 1 aromatic heterocycles. The molecule has 0 N–H and O–H groups in total. The highest BCUT2D eigenvalue weighted by Gasteiger charge is 2.26. The Morgan fingerprint density at radius 2 is 2.05 bits per heavy atom. The first kappa shape index (κ1) is 14.6. The zero-order valence-corrected chi connectivity index (χ0v) is 12.8. The van der Waals surface area contributed by atoms with Crippen LogP contribution in [0, 0.1) is 11.8 Å². The molecule has 0 amide bonds. The van der Waals surface area contributed by atoms with Gasteiger partial charge in [0, 0.05) is 0 Å². The Balaban J connectivity index is 2.08. The fourth-order valence-electron chi connectivity index (χ4n) is 2.70. The fraction of sp³-hybridized carbons (Fsp3) is 0.733. The van der Waals surface area contributed by atoms with Crippen molar-refractivity contribution in [2.24, 2.45) is 11.8 Å². The predicted octanol–water partition coefficient (Wildman–Crippen LogP) is 4.29. The van der Waals surface area contributed by atoms with Gasteiger partial charge in [0.25, 0.3) is 0 Å². The number of ether oxygens (including phenoxy) is 1. The zero-order valence-electron chi connectivity index (χ0n) is 12.0. The normalized spacial score (nSPS) is 27.3. The average Bonchev–Trinajstić information content (AvgIpc) is 2.38. The van der Waals surface area contributed by atoms with Gasteiger partial charge < -0.3 is 4.74 Å². The highest BCUT2D eigenvalue weighted by atomic mass is 35.5. The quantitative estimate of drug-likeness (QED) is 0.773. The van der Waals surface area contributed by atoms with E-state index in [1.807, 2.05) is 0 Å². The highest BCUT2D eigenvalue weighted by Crippen LogP contribution is 2.33. The highest BCUT2D eigenvalue weighted by molar-refractivity contribution is 6.30. The van der Waals surface area contributed by atoms with Crippen molar-refractivity contribution < 1.29 is 4.74 Å². The second kappa shape index (κ2) is 6.56. The number of nitrogens with zero attached hydrogens (tertiary/aromatic N) is 2. The summed E-state index contributed by atoms with van der Waals surface area (Å²) in [6.45, 7) is 6.75. The van der Waals surface area contributed by atoms with E-state index >= 15 is 0 Å². The lowest BCUT2D eigenvalue weighted by atomic mass is 9.80. The second-order valence-electron chi connectivity index (χ2n) is 5.71. The van der Waals surface area contributed by atoms with E-state index in [0.29, 0.717) is 17.0 Å². The van der Waals surface area contributed by atoms with E-state index in [0.717, 1.165) is 37.2 Å². The van der Waals surface area contributed by atoms with Gasteiger partial charge >= 0.3 is 0 Å². The third-order valence-electron chi connectivity index (χ3n) is 4.18. The van der Waals surface area contributed by atoms with Crippen LogP contribution in [0.3, 0.4) is 0 Å². The van der Waals surface area contributed by atoms with E-state index in [-0.39, 0.29) is 6.10 Å². The fourth-order valence-corrected chi connectivity index (χ4v) is 2.92. The summed E-state index contributed by atoms with van der Waals surface area (Å²) in [6.07, 6.45) is 7.09. The van der Waals surface area contributed by atoms with Crippen LogP contribution in [0.5, 0.6) is 5.88 Å². The molecule has 3 nitrogen and oxygen atoms in total. The van der Waals surface area contributed by atoms with Crippen molar-refractivity contribution in [1.82, 2.24) is 9.97 Å². The lowest BCUT2D eigenvalue weighted by Gasteiger charge is -2.32. The Bertz CT molecular complexity index is 425. The van der Waals surface area contributed by atoms with Crippen LogP contribution < -0.4 is 4.74 Å². The number of rotatable bonds is 4. The van der Waals surface area contributed by atoms with E-state index in [1.165, 1.54) is 12.7 Å². The van der Waals surface area contributed by atoms with Gasteiger partial charge in [-0.15, -0.1) is 0 Å². The van der Waals surface area contributed by atoms with Crippen LogP contribution >= 0.6 is 11.6 Å². The molecule has 0 saturated heterocycles. The van der Waals surface area contributed by atoms with Gasteiger partial charge in [0.05, 0.1) is 5.56 Å². The van der Waals surface area contributed by atoms with Crippen LogP contribution in [0.2, 0.25) is 5.15 Å². The molecule has 1 heterocycles. The van der Waals surface area contributed by atoms with E-state index in [2.05, 4.69) is 30.7 Å². The summed E-state index contributed by atoms with van der Waals surface area (Å²) >= 11 is 6.15. The standard InChI is InChI=1S/C15H23ClN2O/c1-4-5-13-14(16)17-9-18-15(13)19-12-7-6-10(2)11(3)8-12/h9-12H,4-8H2,1-3H3. The summed E-state index contributed by atoms with van der Waals surface area (Å²) in [5.41, 5.74) is 0.956. The molecule has 106 valence electrons. The Kier molecular flexibility index (Phi) is 5.03. The van der Waals surface area contributed by atoms with Crippen LogP contribution in [0.4, 0.5) is 0 Å². The summed E-state index contributed by atoms with van der Waals surface area (Å²) in [6, 6.07) is 0. The molecule has 0 aliphatic heterocycles. The van der Waals surface area contributed by atoms with Crippen LogP contribution in [0.15, 0.2) is 6.33 Å². The summed E-state index contributed by atoms with van der Waals surface area (Å²) in [5, 5.41) is 0.532. The largest absolute Gasteiger partial charge is 0.474 e. The maximum Gasteiger partial charge on any atom is 0.221 e. The van der Waals surface area contributed by atoms with Crippen LogP contribution in [0.1, 0.15) is 52.0 Å². The van der Waals surface area contributed by atoms with Gasteiger partial charge in [-0.1, -0.05) is 38.8 Å². The van der Waals surface area contributed by atoms with Crippen molar-refractivity contribution in [3.05, 3.63) is 17.0 Å². The van der Waals surface area contributed by atoms with Crippen molar-refractivity contribution in [2.75, 3.05) is 0 Å². The number of halogens is 1. The molecule has 0 bridgehead atoms. The lowest BCUT2D eigenvalue weighted by molar-refractivity contribution is 0.0953. The SMILES string of the molecule is CCCc1c(Cl)ncnc1OC1CCC(C)C(C)C1. The lowest BCUT2D eigenvalue weighted by Crippen LogP contribution is -2.29. The van der Waals surface area contributed by atoms with Crippen molar-refractivity contribution >= 4 is 11.6 Å². The number of aromatic nitrogens is 2. The zero-order chi connectivity index (χ0) is 13.8. The molecular formula is C15H23ClN2O. The second-order valence-corrected chi connectivity index (χ2v) is 6.06. The van der Waals surface area contributed by atoms with Crippen LogP contribution in [-0.4, -0.2) is 16.1 Å². The molecule has 1 saturated carbocycles. The average molecular weight is 283 g/mol. The van der Waals surface area contributed by atoms with Gasteiger partial charge in [0.15, 0.2) is 0 Å². The molecule has 0 radical (unpaired) electrons. The predicted molar refractivity (Wildman–Crippen MR) is 77.6 cm³/mol. The number of hydrogen-bond acceptors (Lipinski definition) is 3. The molecule has 1 fully saturated rings. The van der Waals surface area contributed by atoms with Crippen molar-refractivity contribution in [3.63, 3.8) is 0 Å². The Morgan fingerprint density at radius 1 is 1.26 bits per heavy atom. The topological polar surface area (TPSA) is 35.0 Å². The summed E-state index contributed by atoms with van der Waals surface area (Å²) < 4.78 is 6.10. The third-order valence-corrected chi connectivity index (χ3v) is 4.51. The Labute approximate surface area is 120 Å². The molecule has 2 rings (SSSR count). The smallest absolute Gasteiger partial charge is 0.221 e. The van der Waals surface area contributed by atoms with Gasteiger partial charge in [0.1, 0.15) is 17.6 Å². The van der Waals surface area contributed by atoms with Gasteiger partial charge in [-0.3, -0.25) is 0 Å². The Morgan fingerprint density at radius 3 is 2.74 bits per heavy atom. The maximum absolute atomic E-state index is 6.15. The van der Waals surface area contributed by atoms with Crippen LogP contribution in [-0.2, 0) is 6.42 Å². The van der Waals surface area contributed by atoms with Gasteiger partial charge in [0.2, 0.25) is 5.88 Å². The van der Waals surface area contributed by atoms with Gasteiger partial charge in [-0.25, -0.2) is 9.97 Å². The Hall–Kier alpha value is -0.830. The minimum Gasteiger partial charge on any atom is -0.474 e. The van der Waals surface area contributed by atoms with E-state index < -0.39 is 0 Å². The molecule has 3 unspecified atom stereocenters. The molecule has 19 heavy (non-hydrogen) atoms. The van der Waals surface area contributed by atoms with Crippen LogP contribution in [0.25, 0.3) is 0 Å². The van der Waals surface area contributed by atoms with Crippen molar-refractivity contribution in [2.45, 2.75) is 59.0 Å². The molecule has 1 aliphatic carbocycles. The van der Waals surface area contributed by atoms with Gasteiger partial charge in [-0.05, 0) is 37.5 Å². The molecular weight excluding hydrogens is 260 g/mol. The first-order chi connectivity index (χ1) is 9.11. The third kappa shape index (κ3) is 3.59.